The van der Waals surface area contributed by atoms with Gasteiger partial charge in [0.05, 0.1) is 6.10 Å². The number of rotatable bonds is 1. The van der Waals surface area contributed by atoms with E-state index in [0.29, 0.717) is 12.1 Å². The molecule has 18 heavy (non-hydrogen) atoms. The molecule has 3 nitrogen and oxygen atoms in total. The van der Waals surface area contributed by atoms with Crippen molar-refractivity contribution in [3.05, 3.63) is 33.8 Å². The standard InChI is InChI=1S/C14H18BrNO2/c1-9-3-4-11(7-12(9)15)14(18)16-6-5-10(2)13(17)8-16/h3-4,7,10,13,17H,5-6,8H2,1-2H3. The highest BCUT2D eigenvalue weighted by Crippen LogP contribution is 2.22. The summed E-state index contributed by atoms with van der Waals surface area (Å²) in [6, 6.07) is 5.62. The van der Waals surface area contributed by atoms with Gasteiger partial charge in [0.2, 0.25) is 0 Å². The number of carbonyl (C=O) groups is 1. The maximum absolute atomic E-state index is 12.3. The van der Waals surface area contributed by atoms with E-state index in [-0.39, 0.29) is 11.8 Å². The third-order valence-electron chi connectivity index (χ3n) is 3.62. The number of aliphatic hydroxyl groups is 1. The van der Waals surface area contributed by atoms with Gasteiger partial charge in [-0.15, -0.1) is 0 Å². The minimum absolute atomic E-state index is 0.00153. The van der Waals surface area contributed by atoms with Crippen molar-refractivity contribution in [1.82, 2.24) is 4.90 Å². The predicted molar refractivity (Wildman–Crippen MR) is 74.6 cm³/mol. The highest BCUT2D eigenvalue weighted by molar-refractivity contribution is 9.10. The monoisotopic (exact) mass is 311 g/mol. The van der Waals surface area contributed by atoms with E-state index in [2.05, 4.69) is 15.9 Å². The van der Waals surface area contributed by atoms with Gasteiger partial charge in [0, 0.05) is 23.1 Å². The molecule has 2 atom stereocenters. The number of hydrogen-bond donors (Lipinski definition) is 1. The highest BCUT2D eigenvalue weighted by atomic mass is 79.9. The van der Waals surface area contributed by atoms with Crippen molar-refractivity contribution in [3.63, 3.8) is 0 Å². The fraction of sp³-hybridized carbons (Fsp3) is 0.500. The molecule has 1 aromatic rings. The third kappa shape index (κ3) is 2.75. The predicted octanol–water partition coefficient (Wildman–Crippen LogP) is 2.60. The van der Waals surface area contributed by atoms with Crippen LogP contribution < -0.4 is 0 Å². The summed E-state index contributed by atoms with van der Waals surface area (Å²) >= 11 is 3.44. The Labute approximate surface area is 116 Å². The molecule has 98 valence electrons. The molecular weight excluding hydrogens is 294 g/mol. The molecule has 1 aliphatic rings. The largest absolute Gasteiger partial charge is 0.391 e. The number of nitrogens with zero attached hydrogens (tertiary/aromatic N) is 1. The van der Waals surface area contributed by atoms with Gasteiger partial charge in [-0.25, -0.2) is 0 Å². The summed E-state index contributed by atoms with van der Waals surface area (Å²) in [6.07, 6.45) is 0.455. The smallest absolute Gasteiger partial charge is 0.253 e. The summed E-state index contributed by atoms with van der Waals surface area (Å²) in [4.78, 5) is 14.0. The highest BCUT2D eigenvalue weighted by Gasteiger charge is 2.27. The van der Waals surface area contributed by atoms with Crippen LogP contribution in [0.4, 0.5) is 0 Å². The lowest BCUT2D eigenvalue weighted by Gasteiger charge is -2.34. The molecule has 2 rings (SSSR count). The summed E-state index contributed by atoms with van der Waals surface area (Å²) < 4.78 is 0.944. The summed E-state index contributed by atoms with van der Waals surface area (Å²) in [5.74, 6) is 0.278. The van der Waals surface area contributed by atoms with Crippen molar-refractivity contribution >= 4 is 21.8 Å². The first-order valence-electron chi connectivity index (χ1n) is 6.22. The Bertz CT molecular complexity index is 461. The van der Waals surface area contributed by atoms with Crippen molar-refractivity contribution in [1.29, 1.82) is 0 Å². The number of benzene rings is 1. The van der Waals surface area contributed by atoms with Crippen LogP contribution in [0.25, 0.3) is 0 Å². The molecule has 0 bridgehead atoms. The molecule has 0 saturated carbocycles. The van der Waals surface area contributed by atoms with Gasteiger partial charge in [0.25, 0.3) is 5.91 Å². The molecule has 1 aliphatic heterocycles. The number of piperidine rings is 1. The molecule has 1 amide bonds. The zero-order chi connectivity index (χ0) is 13.3. The topological polar surface area (TPSA) is 40.5 Å². The molecule has 0 aromatic heterocycles. The van der Waals surface area contributed by atoms with Crippen LogP contribution in [0.2, 0.25) is 0 Å². The lowest BCUT2D eigenvalue weighted by atomic mass is 9.95. The summed E-state index contributed by atoms with van der Waals surface area (Å²) in [5.41, 5.74) is 1.79. The Morgan fingerprint density at radius 3 is 2.83 bits per heavy atom. The average Bonchev–Trinajstić information content (AvgIpc) is 2.35. The van der Waals surface area contributed by atoms with Crippen LogP contribution in [0.3, 0.4) is 0 Å². The minimum Gasteiger partial charge on any atom is -0.391 e. The zero-order valence-corrected chi connectivity index (χ0v) is 12.3. The van der Waals surface area contributed by atoms with Gasteiger partial charge in [0.15, 0.2) is 0 Å². The van der Waals surface area contributed by atoms with E-state index in [1.54, 1.807) is 4.90 Å². The number of aliphatic hydroxyl groups excluding tert-OH is 1. The average molecular weight is 312 g/mol. The van der Waals surface area contributed by atoms with Crippen LogP contribution >= 0.6 is 15.9 Å². The molecule has 0 spiro atoms. The molecule has 1 heterocycles. The molecule has 1 N–H and O–H groups in total. The van der Waals surface area contributed by atoms with Gasteiger partial charge in [-0.1, -0.05) is 28.9 Å². The van der Waals surface area contributed by atoms with Crippen molar-refractivity contribution in [2.45, 2.75) is 26.4 Å². The zero-order valence-electron chi connectivity index (χ0n) is 10.7. The lowest BCUT2D eigenvalue weighted by Crippen LogP contribution is -2.45. The van der Waals surface area contributed by atoms with Crippen LogP contribution in [-0.2, 0) is 0 Å². The van der Waals surface area contributed by atoms with Crippen LogP contribution in [0.1, 0.15) is 29.3 Å². The Kier molecular flexibility index (Phi) is 4.07. The molecule has 1 saturated heterocycles. The quantitative estimate of drug-likeness (QED) is 0.866. The Balaban J connectivity index is 2.14. The Hall–Kier alpha value is -0.870. The van der Waals surface area contributed by atoms with Crippen LogP contribution in [0.5, 0.6) is 0 Å². The van der Waals surface area contributed by atoms with E-state index < -0.39 is 6.10 Å². The van der Waals surface area contributed by atoms with Gasteiger partial charge in [-0.05, 0) is 37.0 Å². The Morgan fingerprint density at radius 1 is 1.50 bits per heavy atom. The van der Waals surface area contributed by atoms with Gasteiger partial charge < -0.3 is 10.0 Å². The fourth-order valence-electron chi connectivity index (χ4n) is 2.14. The maximum Gasteiger partial charge on any atom is 0.253 e. The van der Waals surface area contributed by atoms with Gasteiger partial charge in [-0.2, -0.15) is 0 Å². The van der Waals surface area contributed by atoms with Gasteiger partial charge in [-0.3, -0.25) is 4.79 Å². The van der Waals surface area contributed by atoms with Crippen molar-refractivity contribution in [3.8, 4) is 0 Å². The number of amides is 1. The number of likely N-dealkylation sites (tertiary alicyclic amines) is 1. The van der Waals surface area contributed by atoms with E-state index in [4.69, 9.17) is 0 Å². The van der Waals surface area contributed by atoms with E-state index in [1.165, 1.54) is 0 Å². The van der Waals surface area contributed by atoms with Crippen molar-refractivity contribution in [2.75, 3.05) is 13.1 Å². The van der Waals surface area contributed by atoms with Crippen LogP contribution in [0.15, 0.2) is 22.7 Å². The molecule has 0 aliphatic carbocycles. The summed E-state index contributed by atoms with van der Waals surface area (Å²) in [5, 5.41) is 9.84. The first kappa shape index (κ1) is 13.6. The molecular formula is C14H18BrNO2. The van der Waals surface area contributed by atoms with Crippen LogP contribution in [-0.4, -0.2) is 35.1 Å². The number of aryl methyl sites for hydroxylation is 1. The summed E-state index contributed by atoms with van der Waals surface area (Å²) in [7, 11) is 0. The second-order valence-electron chi connectivity index (χ2n) is 5.05. The van der Waals surface area contributed by atoms with E-state index in [9.17, 15) is 9.90 Å². The van der Waals surface area contributed by atoms with E-state index in [0.717, 1.165) is 23.0 Å². The van der Waals surface area contributed by atoms with Gasteiger partial charge >= 0.3 is 0 Å². The van der Waals surface area contributed by atoms with Crippen LogP contribution in [0, 0.1) is 12.8 Å². The Morgan fingerprint density at radius 2 is 2.22 bits per heavy atom. The molecule has 2 unspecified atom stereocenters. The molecule has 0 radical (unpaired) electrons. The van der Waals surface area contributed by atoms with Gasteiger partial charge in [0.1, 0.15) is 0 Å². The first-order valence-corrected chi connectivity index (χ1v) is 7.02. The lowest BCUT2D eigenvalue weighted by molar-refractivity contribution is 0.0248. The molecule has 1 aromatic carbocycles. The van der Waals surface area contributed by atoms with Crippen molar-refractivity contribution < 1.29 is 9.90 Å². The number of β-amino-alcohol motifs (C(OH)–C–C–N with tert-alkyl or cyclic N) is 1. The number of carbonyl (C=O) groups excluding carboxylic acids is 1. The molecule has 4 heteroatoms. The summed E-state index contributed by atoms with van der Waals surface area (Å²) in [6.45, 7) is 5.17. The van der Waals surface area contributed by atoms with E-state index >= 15 is 0 Å². The third-order valence-corrected chi connectivity index (χ3v) is 4.48. The second kappa shape index (κ2) is 5.41. The maximum atomic E-state index is 12.3. The second-order valence-corrected chi connectivity index (χ2v) is 5.90. The van der Waals surface area contributed by atoms with E-state index in [1.807, 2.05) is 32.0 Å². The SMILES string of the molecule is Cc1ccc(C(=O)N2CCC(C)C(O)C2)cc1Br. The number of halogens is 1. The minimum atomic E-state index is -0.406. The fourth-order valence-corrected chi connectivity index (χ4v) is 2.52. The van der Waals surface area contributed by atoms with Crippen molar-refractivity contribution in [2.24, 2.45) is 5.92 Å². The number of hydrogen-bond acceptors (Lipinski definition) is 2. The first-order chi connectivity index (χ1) is 8.49. The molecule has 1 fully saturated rings. The normalized spacial score (nSPS) is 24.1.